The van der Waals surface area contributed by atoms with Crippen LogP contribution in [0.1, 0.15) is 5.69 Å². The van der Waals surface area contributed by atoms with Crippen molar-refractivity contribution < 1.29 is 5.11 Å². The molecule has 0 aliphatic carbocycles. The molecule has 12 heavy (non-hydrogen) atoms. The predicted octanol–water partition coefficient (Wildman–Crippen LogP) is 0.571. The zero-order valence-corrected chi connectivity index (χ0v) is 7.07. The van der Waals surface area contributed by atoms with Gasteiger partial charge >= 0.3 is 0 Å². The summed E-state index contributed by atoms with van der Waals surface area (Å²) in [6, 6.07) is 4.00. The molecule has 1 aliphatic heterocycles. The van der Waals surface area contributed by atoms with Crippen LogP contribution in [0.5, 0.6) is 0 Å². The maximum atomic E-state index is 9.09. The monoisotopic (exact) mass is 164 g/mol. The molecule has 0 spiro atoms. The van der Waals surface area contributed by atoms with Gasteiger partial charge in [-0.25, -0.2) is 0 Å². The third kappa shape index (κ3) is 1.28. The number of aryl methyl sites for hydroxylation is 1. The molecule has 3 heteroatoms. The molecule has 1 aromatic heterocycles. The average molecular weight is 164 g/mol. The van der Waals surface area contributed by atoms with Crippen molar-refractivity contribution in [1.29, 1.82) is 0 Å². The molecular formula is C9H12N2O. The average Bonchev–Trinajstić information content (AvgIpc) is 1.99. The number of rotatable bonds is 1. The van der Waals surface area contributed by atoms with Gasteiger partial charge in [0, 0.05) is 30.7 Å². The number of anilines is 1. The molecule has 1 aromatic rings. The van der Waals surface area contributed by atoms with Crippen LogP contribution in [0.15, 0.2) is 18.3 Å². The topological polar surface area (TPSA) is 36.4 Å². The normalized spacial score (nSPS) is 17.7. The van der Waals surface area contributed by atoms with E-state index in [1.165, 1.54) is 0 Å². The van der Waals surface area contributed by atoms with Crippen LogP contribution >= 0.6 is 0 Å². The third-order valence-corrected chi connectivity index (χ3v) is 2.11. The minimum Gasteiger partial charge on any atom is -0.389 e. The van der Waals surface area contributed by atoms with E-state index in [0.717, 1.165) is 24.5 Å². The van der Waals surface area contributed by atoms with E-state index in [1.807, 2.05) is 19.1 Å². The van der Waals surface area contributed by atoms with Crippen LogP contribution in [0.4, 0.5) is 5.69 Å². The van der Waals surface area contributed by atoms with Crippen LogP contribution in [0.3, 0.4) is 0 Å². The number of aromatic nitrogens is 1. The lowest BCUT2D eigenvalue weighted by Gasteiger charge is -2.37. The molecule has 2 rings (SSSR count). The van der Waals surface area contributed by atoms with Gasteiger partial charge in [-0.1, -0.05) is 0 Å². The Balaban J connectivity index is 2.13. The Morgan fingerprint density at radius 2 is 2.33 bits per heavy atom. The Labute approximate surface area is 71.7 Å². The molecule has 0 radical (unpaired) electrons. The van der Waals surface area contributed by atoms with Crippen molar-refractivity contribution in [2.45, 2.75) is 13.0 Å². The molecular weight excluding hydrogens is 152 g/mol. The quantitative estimate of drug-likeness (QED) is 0.659. The molecule has 64 valence electrons. The lowest BCUT2D eigenvalue weighted by molar-refractivity contribution is 0.142. The lowest BCUT2D eigenvalue weighted by Crippen LogP contribution is -2.50. The Morgan fingerprint density at radius 3 is 2.92 bits per heavy atom. The largest absolute Gasteiger partial charge is 0.389 e. The highest BCUT2D eigenvalue weighted by atomic mass is 16.3. The van der Waals surface area contributed by atoms with Crippen molar-refractivity contribution in [3.05, 3.63) is 24.0 Å². The fourth-order valence-electron chi connectivity index (χ4n) is 1.39. The fraction of sp³-hybridized carbons (Fsp3) is 0.444. The van der Waals surface area contributed by atoms with Gasteiger partial charge < -0.3 is 10.0 Å². The van der Waals surface area contributed by atoms with Crippen molar-refractivity contribution in [2.24, 2.45) is 0 Å². The molecule has 1 N–H and O–H groups in total. The summed E-state index contributed by atoms with van der Waals surface area (Å²) in [5.74, 6) is 0. The number of nitrogens with zero attached hydrogens (tertiary/aromatic N) is 2. The Morgan fingerprint density at radius 1 is 1.58 bits per heavy atom. The molecule has 1 fully saturated rings. The van der Waals surface area contributed by atoms with Crippen LogP contribution in [0.2, 0.25) is 0 Å². The van der Waals surface area contributed by atoms with Crippen molar-refractivity contribution >= 4 is 5.69 Å². The van der Waals surface area contributed by atoms with E-state index in [9.17, 15) is 0 Å². The van der Waals surface area contributed by atoms with E-state index >= 15 is 0 Å². The second-order valence-electron chi connectivity index (χ2n) is 3.21. The molecule has 1 aliphatic rings. The van der Waals surface area contributed by atoms with Crippen LogP contribution in [-0.4, -0.2) is 29.3 Å². The van der Waals surface area contributed by atoms with Crippen LogP contribution in [0, 0.1) is 6.92 Å². The summed E-state index contributed by atoms with van der Waals surface area (Å²) >= 11 is 0. The fourth-order valence-corrected chi connectivity index (χ4v) is 1.39. The smallest absolute Gasteiger partial charge is 0.0889 e. The second-order valence-corrected chi connectivity index (χ2v) is 3.21. The number of aliphatic hydroxyl groups excluding tert-OH is 1. The summed E-state index contributed by atoms with van der Waals surface area (Å²) in [7, 11) is 0. The van der Waals surface area contributed by atoms with Gasteiger partial charge in [-0.2, -0.15) is 0 Å². The molecule has 0 aromatic carbocycles. The molecule has 1 saturated heterocycles. The molecule has 3 nitrogen and oxygen atoms in total. The molecule has 0 amide bonds. The summed E-state index contributed by atoms with van der Waals surface area (Å²) in [4.78, 5) is 6.25. The highest BCUT2D eigenvalue weighted by Crippen LogP contribution is 2.20. The number of pyridine rings is 1. The maximum absolute atomic E-state index is 9.09. The van der Waals surface area contributed by atoms with E-state index < -0.39 is 0 Å². The first-order valence-electron chi connectivity index (χ1n) is 4.11. The lowest BCUT2D eigenvalue weighted by atomic mass is 10.1. The predicted molar refractivity (Wildman–Crippen MR) is 47.2 cm³/mol. The van der Waals surface area contributed by atoms with Gasteiger partial charge in [0.25, 0.3) is 0 Å². The summed E-state index contributed by atoms with van der Waals surface area (Å²) in [5.41, 5.74) is 2.18. The first-order chi connectivity index (χ1) is 5.75. The Hall–Kier alpha value is -1.09. The highest BCUT2D eigenvalue weighted by molar-refractivity contribution is 5.49. The maximum Gasteiger partial charge on any atom is 0.0889 e. The van der Waals surface area contributed by atoms with Crippen LogP contribution in [0.25, 0.3) is 0 Å². The van der Waals surface area contributed by atoms with Gasteiger partial charge in [0.1, 0.15) is 0 Å². The zero-order chi connectivity index (χ0) is 8.55. The Bertz CT molecular complexity index is 282. The molecule has 0 bridgehead atoms. The van der Waals surface area contributed by atoms with Gasteiger partial charge in [0.15, 0.2) is 0 Å². The summed E-state index contributed by atoms with van der Waals surface area (Å²) in [6.07, 6.45) is 1.66. The minimum atomic E-state index is -0.140. The molecule has 0 unspecified atom stereocenters. The van der Waals surface area contributed by atoms with Crippen molar-refractivity contribution in [2.75, 3.05) is 18.0 Å². The van der Waals surface area contributed by atoms with E-state index in [1.54, 1.807) is 6.20 Å². The van der Waals surface area contributed by atoms with Gasteiger partial charge in [0.05, 0.1) is 6.10 Å². The second kappa shape index (κ2) is 2.75. The van der Waals surface area contributed by atoms with Crippen LogP contribution in [-0.2, 0) is 0 Å². The van der Waals surface area contributed by atoms with E-state index in [-0.39, 0.29) is 6.10 Å². The van der Waals surface area contributed by atoms with Crippen molar-refractivity contribution in [3.63, 3.8) is 0 Å². The number of hydrogen-bond acceptors (Lipinski definition) is 3. The standard InChI is InChI=1S/C9H12N2O/c1-7-4-8(2-3-10-7)11-5-9(12)6-11/h2-4,9,12H,5-6H2,1H3. The van der Waals surface area contributed by atoms with Gasteiger partial charge in [-0.3, -0.25) is 4.98 Å². The van der Waals surface area contributed by atoms with E-state index in [2.05, 4.69) is 9.88 Å². The number of aliphatic hydroxyl groups is 1. The Kier molecular flexibility index (Phi) is 1.73. The van der Waals surface area contributed by atoms with Gasteiger partial charge in [-0.15, -0.1) is 0 Å². The first-order valence-corrected chi connectivity index (χ1v) is 4.11. The van der Waals surface area contributed by atoms with Crippen molar-refractivity contribution in [1.82, 2.24) is 4.98 Å². The highest BCUT2D eigenvalue weighted by Gasteiger charge is 2.24. The van der Waals surface area contributed by atoms with Crippen molar-refractivity contribution in [3.8, 4) is 0 Å². The third-order valence-electron chi connectivity index (χ3n) is 2.11. The van der Waals surface area contributed by atoms with Gasteiger partial charge in [0.2, 0.25) is 0 Å². The molecule has 2 heterocycles. The SMILES string of the molecule is Cc1cc(N2CC(O)C2)ccn1. The molecule has 0 atom stereocenters. The van der Waals surface area contributed by atoms with Gasteiger partial charge in [-0.05, 0) is 19.1 Å². The zero-order valence-electron chi connectivity index (χ0n) is 7.07. The number of hydrogen-bond donors (Lipinski definition) is 1. The minimum absolute atomic E-state index is 0.140. The summed E-state index contributed by atoms with van der Waals surface area (Å²) in [6.45, 7) is 3.48. The summed E-state index contributed by atoms with van der Waals surface area (Å²) < 4.78 is 0. The number of β-amino-alcohol motifs (C(OH)–C–C–N with tert-alkyl or cyclic N) is 1. The van der Waals surface area contributed by atoms with Crippen LogP contribution < -0.4 is 4.90 Å². The first kappa shape index (κ1) is 7.55. The van der Waals surface area contributed by atoms with E-state index in [4.69, 9.17) is 5.11 Å². The van der Waals surface area contributed by atoms with E-state index in [0.29, 0.717) is 0 Å². The summed E-state index contributed by atoms with van der Waals surface area (Å²) in [5, 5.41) is 9.09. The molecule has 0 saturated carbocycles.